The smallest absolute Gasteiger partial charge is 0.348 e. The van der Waals surface area contributed by atoms with Crippen molar-refractivity contribution >= 4 is 17.5 Å². The number of carbonyl (C=O) groups is 2. The molecule has 0 saturated heterocycles. The summed E-state index contributed by atoms with van der Waals surface area (Å²) in [7, 11) is 0. The predicted molar refractivity (Wildman–Crippen MR) is 69.1 cm³/mol. The summed E-state index contributed by atoms with van der Waals surface area (Å²) in [6.45, 7) is 0.641. The van der Waals surface area contributed by atoms with Crippen LogP contribution >= 0.6 is 0 Å². The molecule has 4 nitrogen and oxygen atoms in total. The minimum atomic E-state index is -0.604. The third kappa shape index (κ3) is 2.20. The second-order valence-corrected chi connectivity index (χ2v) is 4.27. The average molecular weight is 253 g/mol. The van der Waals surface area contributed by atoms with E-state index in [1.54, 1.807) is 6.07 Å². The van der Waals surface area contributed by atoms with Crippen molar-refractivity contribution in [1.29, 1.82) is 0 Å². The van der Waals surface area contributed by atoms with Gasteiger partial charge in [-0.25, -0.2) is 9.59 Å². The minimum Gasteiger partial charge on any atom is -0.386 e. The summed E-state index contributed by atoms with van der Waals surface area (Å²) in [6, 6.07) is 13.5. The van der Waals surface area contributed by atoms with Crippen LogP contribution in [0.1, 0.15) is 11.3 Å². The Morgan fingerprint density at radius 1 is 1.00 bits per heavy atom. The first-order valence-corrected chi connectivity index (χ1v) is 5.91. The van der Waals surface area contributed by atoms with Gasteiger partial charge in [-0.15, -0.1) is 0 Å². The topological polar surface area (TPSA) is 48.3 Å². The maximum atomic E-state index is 11.6. The van der Waals surface area contributed by atoms with Crippen molar-refractivity contribution in [2.45, 2.75) is 6.54 Å². The van der Waals surface area contributed by atoms with E-state index in [-0.39, 0.29) is 0 Å². The largest absolute Gasteiger partial charge is 0.386 e. The lowest BCUT2D eigenvalue weighted by molar-refractivity contribution is -0.149. The van der Waals surface area contributed by atoms with Crippen molar-refractivity contribution in [3.63, 3.8) is 0 Å². The molecular formula is C15H11NO3. The number of hydrogen-bond acceptors (Lipinski definition) is 3. The van der Waals surface area contributed by atoms with Crippen molar-refractivity contribution in [2.75, 3.05) is 0 Å². The van der Waals surface area contributed by atoms with Gasteiger partial charge in [-0.05, 0) is 17.7 Å². The van der Waals surface area contributed by atoms with Gasteiger partial charge in [-0.3, -0.25) is 0 Å². The molecule has 1 aliphatic rings. The Labute approximate surface area is 109 Å². The molecule has 1 aromatic carbocycles. The molecule has 0 N–H and O–H groups in total. The molecule has 0 fully saturated rings. The summed E-state index contributed by atoms with van der Waals surface area (Å²) >= 11 is 0. The second-order valence-electron chi connectivity index (χ2n) is 4.27. The number of aromatic nitrogens is 1. The van der Waals surface area contributed by atoms with Gasteiger partial charge in [0.15, 0.2) is 0 Å². The van der Waals surface area contributed by atoms with E-state index in [9.17, 15) is 9.59 Å². The lowest BCUT2D eigenvalue weighted by Crippen LogP contribution is -2.07. The Morgan fingerprint density at radius 2 is 1.79 bits per heavy atom. The SMILES string of the molecule is O=C1C=C(c2cccn2Cc2ccccc2)C(=O)O1. The van der Waals surface area contributed by atoms with Gasteiger partial charge >= 0.3 is 11.9 Å². The van der Waals surface area contributed by atoms with Gasteiger partial charge in [0.05, 0.1) is 11.3 Å². The summed E-state index contributed by atoms with van der Waals surface area (Å²) in [5.74, 6) is -1.19. The monoisotopic (exact) mass is 253 g/mol. The molecule has 0 spiro atoms. The first-order chi connectivity index (χ1) is 9.24. The molecule has 0 saturated carbocycles. The van der Waals surface area contributed by atoms with E-state index in [0.29, 0.717) is 17.8 Å². The summed E-state index contributed by atoms with van der Waals surface area (Å²) in [5.41, 5.74) is 2.13. The van der Waals surface area contributed by atoms with Gasteiger partial charge in [0.25, 0.3) is 0 Å². The predicted octanol–water partition coefficient (Wildman–Crippen LogP) is 2.00. The normalized spacial score (nSPS) is 14.4. The average Bonchev–Trinajstić information content (AvgIpc) is 2.97. The van der Waals surface area contributed by atoms with Crippen LogP contribution in [0.15, 0.2) is 54.7 Å². The van der Waals surface area contributed by atoms with Crippen LogP contribution in [0.25, 0.3) is 5.57 Å². The van der Waals surface area contributed by atoms with Crippen LogP contribution in [0.3, 0.4) is 0 Å². The molecule has 2 aromatic rings. The number of hydrogen-bond donors (Lipinski definition) is 0. The van der Waals surface area contributed by atoms with Gasteiger partial charge in [-0.2, -0.15) is 0 Å². The number of carbonyl (C=O) groups excluding carboxylic acids is 2. The minimum absolute atomic E-state index is 0.311. The van der Waals surface area contributed by atoms with Crippen LogP contribution in [-0.4, -0.2) is 16.5 Å². The molecule has 0 unspecified atom stereocenters. The Morgan fingerprint density at radius 3 is 2.47 bits per heavy atom. The third-order valence-electron chi connectivity index (χ3n) is 2.98. The molecule has 94 valence electrons. The Balaban J connectivity index is 1.93. The fourth-order valence-electron chi connectivity index (χ4n) is 2.11. The van der Waals surface area contributed by atoms with Gasteiger partial charge < -0.3 is 9.30 Å². The van der Waals surface area contributed by atoms with Crippen LogP contribution in [0, 0.1) is 0 Å². The maximum absolute atomic E-state index is 11.6. The fraction of sp³-hybridized carbons (Fsp3) is 0.0667. The summed E-state index contributed by atoms with van der Waals surface area (Å²) in [6.07, 6.45) is 3.11. The third-order valence-corrected chi connectivity index (χ3v) is 2.98. The summed E-state index contributed by atoms with van der Waals surface area (Å²) in [5, 5.41) is 0. The molecular weight excluding hydrogens is 242 g/mol. The van der Waals surface area contributed by atoms with E-state index < -0.39 is 11.9 Å². The first kappa shape index (κ1) is 11.5. The van der Waals surface area contributed by atoms with Crippen LogP contribution in [-0.2, 0) is 20.9 Å². The summed E-state index contributed by atoms with van der Waals surface area (Å²) in [4.78, 5) is 22.7. The molecule has 19 heavy (non-hydrogen) atoms. The van der Waals surface area contributed by atoms with E-state index in [1.807, 2.05) is 47.2 Å². The lowest BCUT2D eigenvalue weighted by atomic mass is 10.2. The molecule has 1 aliphatic heterocycles. The Kier molecular flexibility index (Phi) is 2.76. The van der Waals surface area contributed by atoms with Crippen LogP contribution in [0.2, 0.25) is 0 Å². The molecule has 0 atom stereocenters. The molecule has 0 radical (unpaired) electrons. The van der Waals surface area contributed by atoms with Crippen molar-refractivity contribution in [3.8, 4) is 0 Å². The van der Waals surface area contributed by atoms with Gasteiger partial charge in [0.2, 0.25) is 0 Å². The van der Waals surface area contributed by atoms with E-state index in [1.165, 1.54) is 6.08 Å². The van der Waals surface area contributed by atoms with Crippen LogP contribution in [0.5, 0.6) is 0 Å². The number of nitrogens with zero attached hydrogens (tertiary/aromatic N) is 1. The van der Waals surface area contributed by atoms with Gasteiger partial charge in [0, 0.05) is 18.8 Å². The standard InChI is InChI=1S/C15H11NO3/c17-14-9-12(15(18)19-14)13-7-4-8-16(13)10-11-5-2-1-3-6-11/h1-9H,10H2. The van der Waals surface area contributed by atoms with Crippen molar-refractivity contribution in [2.24, 2.45) is 0 Å². The molecule has 2 heterocycles. The van der Waals surface area contributed by atoms with E-state index in [4.69, 9.17) is 0 Å². The zero-order chi connectivity index (χ0) is 13.2. The Bertz CT molecular complexity index is 668. The number of ether oxygens (including phenoxy) is 1. The number of cyclic esters (lactones) is 2. The molecule has 1 aromatic heterocycles. The zero-order valence-electron chi connectivity index (χ0n) is 10.1. The van der Waals surface area contributed by atoms with Gasteiger partial charge in [0.1, 0.15) is 0 Å². The highest BCUT2D eigenvalue weighted by atomic mass is 16.6. The second kappa shape index (κ2) is 4.57. The number of rotatable bonds is 3. The highest BCUT2D eigenvalue weighted by Gasteiger charge is 2.26. The molecule has 4 heteroatoms. The number of benzene rings is 1. The van der Waals surface area contributed by atoms with Crippen LogP contribution < -0.4 is 0 Å². The molecule has 0 aliphatic carbocycles. The first-order valence-electron chi connectivity index (χ1n) is 5.91. The van der Waals surface area contributed by atoms with E-state index >= 15 is 0 Å². The van der Waals surface area contributed by atoms with Crippen molar-refractivity contribution < 1.29 is 14.3 Å². The van der Waals surface area contributed by atoms with E-state index in [2.05, 4.69) is 4.74 Å². The van der Waals surface area contributed by atoms with Crippen molar-refractivity contribution in [1.82, 2.24) is 4.57 Å². The maximum Gasteiger partial charge on any atom is 0.348 e. The Hall–Kier alpha value is -2.62. The quantitative estimate of drug-likeness (QED) is 0.621. The molecule has 0 bridgehead atoms. The fourth-order valence-corrected chi connectivity index (χ4v) is 2.11. The van der Waals surface area contributed by atoms with Crippen LogP contribution in [0.4, 0.5) is 0 Å². The number of esters is 2. The van der Waals surface area contributed by atoms with Crippen molar-refractivity contribution in [3.05, 3.63) is 66.0 Å². The molecule has 0 amide bonds. The molecule has 3 rings (SSSR count). The van der Waals surface area contributed by atoms with Gasteiger partial charge in [-0.1, -0.05) is 30.3 Å². The lowest BCUT2D eigenvalue weighted by Gasteiger charge is -2.08. The van der Waals surface area contributed by atoms with E-state index in [0.717, 1.165) is 5.56 Å². The summed E-state index contributed by atoms with van der Waals surface area (Å²) < 4.78 is 6.44. The highest BCUT2D eigenvalue weighted by Crippen LogP contribution is 2.22. The highest BCUT2D eigenvalue weighted by molar-refractivity contribution is 6.27. The zero-order valence-corrected chi connectivity index (χ0v) is 10.1.